The van der Waals surface area contributed by atoms with Crippen LogP contribution >= 0.6 is 0 Å². The maximum Gasteiger partial charge on any atom is 0.397 e. The van der Waals surface area contributed by atoms with E-state index in [2.05, 4.69) is 10.6 Å². The van der Waals surface area contributed by atoms with Crippen LogP contribution in [0.1, 0.15) is 30.6 Å². The van der Waals surface area contributed by atoms with Crippen molar-refractivity contribution in [2.24, 2.45) is 5.92 Å². The van der Waals surface area contributed by atoms with Crippen molar-refractivity contribution in [3.05, 3.63) is 23.8 Å². The third kappa shape index (κ3) is 6.88. The molecule has 0 aliphatic carbocycles. The average molecular weight is 431 g/mol. The van der Waals surface area contributed by atoms with Gasteiger partial charge in [-0.15, -0.1) is 0 Å². The quantitative estimate of drug-likeness (QED) is 0.769. The van der Waals surface area contributed by atoms with E-state index in [0.717, 1.165) is 0 Å². The van der Waals surface area contributed by atoms with E-state index in [1.54, 1.807) is 14.2 Å². The number of fused-ring (bicyclic) bond motifs is 1. The van der Waals surface area contributed by atoms with Crippen molar-refractivity contribution in [3.63, 3.8) is 0 Å². The van der Waals surface area contributed by atoms with Crippen molar-refractivity contribution in [2.75, 3.05) is 39.2 Å². The number of hydrogen-bond acceptors (Lipinski definition) is 5. The molecule has 0 fully saturated rings. The average Bonchev–Trinajstić information content (AvgIpc) is 2.66. The molecule has 1 aliphatic rings. The van der Waals surface area contributed by atoms with E-state index in [0.29, 0.717) is 13.1 Å². The fourth-order valence-corrected chi connectivity index (χ4v) is 3.13. The Morgan fingerprint density at radius 2 is 2.07 bits per heavy atom. The number of carbonyl (C=O) groups is 2. The molecule has 3 atom stereocenters. The summed E-state index contributed by atoms with van der Waals surface area (Å²) in [6.07, 6.45) is -6.43. The SMILES string of the molecule is CO[C@@H]1CN(C)C(=O)c2cc(NC(=O)CC(F)(F)F)ccc2OC[C@@H](C)NC[C@H]1C. The number of alkyl halides is 3. The van der Waals surface area contributed by atoms with Crippen LogP contribution in [-0.4, -0.2) is 68.9 Å². The van der Waals surface area contributed by atoms with Crippen LogP contribution in [0.3, 0.4) is 0 Å². The predicted octanol–water partition coefficient (Wildman–Crippen LogP) is 2.67. The van der Waals surface area contributed by atoms with Gasteiger partial charge < -0.3 is 25.0 Å². The van der Waals surface area contributed by atoms with Crippen molar-refractivity contribution in [1.29, 1.82) is 0 Å². The summed E-state index contributed by atoms with van der Waals surface area (Å²) < 4.78 is 48.6. The molecule has 7 nitrogen and oxygen atoms in total. The molecule has 1 aromatic carbocycles. The van der Waals surface area contributed by atoms with E-state index in [9.17, 15) is 22.8 Å². The van der Waals surface area contributed by atoms with Crippen molar-refractivity contribution >= 4 is 17.5 Å². The number of carbonyl (C=O) groups excluding carboxylic acids is 2. The van der Waals surface area contributed by atoms with Gasteiger partial charge in [0.15, 0.2) is 0 Å². The maximum absolute atomic E-state index is 13.1. The molecule has 0 aromatic heterocycles. The number of nitrogens with zero attached hydrogens (tertiary/aromatic N) is 1. The fraction of sp³-hybridized carbons (Fsp3) is 0.600. The number of rotatable bonds is 3. The molecule has 0 saturated heterocycles. The number of anilines is 1. The first-order valence-electron chi connectivity index (χ1n) is 9.65. The minimum atomic E-state index is -4.62. The number of likely N-dealkylation sites (N-methyl/N-ethyl adjacent to an activating group) is 1. The highest BCUT2D eigenvalue weighted by molar-refractivity contribution is 5.99. The number of methoxy groups -OCH3 is 1. The zero-order valence-corrected chi connectivity index (χ0v) is 17.5. The summed E-state index contributed by atoms with van der Waals surface area (Å²) in [6, 6.07) is 4.21. The van der Waals surface area contributed by atoms with Gasteiger partial charge in [-0.05, 0) is 31.0 Å². The fourth-order valence-electron chi connectivity index (χ4n) is 3.13. The summed E-state index contributed by atoms with van der Waals surface area (Å²) in [5, 5.41) is 5.54. The van der Waals surface area contributed by atoms with E-state index >= 15 is 0 Å². The Morgan fingerprint density at radius 3 is 2.70 bits per heavy atom. The standard InChI is InChI=1S/C20H28F3N3O4/c1-12-9-24-13(2)11-30-16-6-5-14(25-18(27)8-20(21,22)23)7-15(16)19(28)26(3)10-17(12)29-4/h5-7,12-13,17,24H,8-11H2,1-4H3,(H,25,27)/t12-,13-,17-/m1/s1. The molecule has 0 saturated carbocycles. The first-order chi connectivity index (χ1) is 14.0. The Hall–Kier alpha value is -2.33. The van der Waals surface area contributed by atoms with Gasteiger partial charge in [-0.1, -0.05) is 6.92 Å². The number of ether oxygens (including phenoxy) is 2. The Kier molecular flexibility index (Phi) is 8.08. The summed E-state index contributed by atoms with van der Waals surface area (Å²) >= 11 is 0. The van der Waals surface area contributed by atoms with E-state index in [4.69, 9.17) is 9.47 Å². The second-order valence-electron chi connectivity index (χ2n) is 7.61. The highest BCUT2D eigenvalue weighted by Crippen LogP contribution is 2.27. The zero-order valence-electron chi connectivity index (χ0n) is 17.5. The Balaban J connectivity index is 2.31. The number of nitrogens with one attached hydrogen (secondary N) is 2. The molecule has 10 heteroatoms. The lowest BCUT2D eigenvalue weighted by atomic mass is 10.0. The van der Waals surface area contributed by atoms with Crippen LogP contribution in [-0.2, 0) is 9.53 Å². The number of halogens is 3. The smallest absolute Gasteiger partial charge is 0.397 e. The number of amides is 2. The van der Waals surface area contributed by atoms with Crippen molar-refractivity contribution in [1.82, 2.24) is 10.2 Å². The largest absolute Gasteiger partial charge is 0.491 e. The lowest BCUT2D eigenvalue weighted by Crippen LogP contribution is -2.44. The monoisotopic (exact) mass is 431 g/mol. The van der Waals surface area contributed by atoms with E-state index in [-0.39, 0.29) is 47.6 Å². The molecular weight excluding hydrogens is 403 g/mol. The third-order valence-electron chi connectivity index (χ3n) is 4.87. The van der Waals surface area contributed by atoms with E-state index in [1.807, 2.05) is 13.8 Å². The van der Waals surface area contributed by atoms with Crippen LogP contribution in [0, 0.1) is 5.92 Å². The van der Waals surface area contributed by atoms with Crippen molar-refractivity contribution < 1.29 is 32.2 Å². The van der Waals surface area contributed by atoms with Crippen LogP contribution in [0.4, 0.5) is 18.9 Å². The van der Waals surface area contributed by atoms with Crippen molar-refractivity contribution in [2.45, 2.75) is 38.6 Å². The van der Waals surface area contributed by atoms with Crippen LogP contribution < -0.4 is 15.4 Å². The number of benzene rings is 1. The molecule has 1 aliphatic heterocycles. The molecule has 0 radical (unpaired) electrons. The molecule has 2 N–H and O–H groups in total. The second-order valence-corrected chi connectivity index (χ2v) is 7.61. The zero-order chi connectivity index (χ0) is 22.5. The van der Waals surface area contributed by atoms with Gasteiger partial charge in [-0.25, -0.2) is 0 Å². The molecule has 30 heavy (non-hydrogen) atoms. The van der Waals surface area contributed by atoms with Crippen molar-refractivity contribution in [3.8, 4) is 5.75 Å². The highest BCUT2D eigenvalue weighted by atomic mass is 19.4. The van der Waals surface area contributed by atoms with Gasteiger partial charge in [0.2, 0.25) is 5.91 Å². The van der Waals surface area contributed by atoms with Crippen LogP contribution in [0.15, 0.2) is 18.2 Å². The van der Waals surface area contributed by atoms with Gasteiger partial charge in [0.25, 0.3) is 5.91 Å². The van der Waals surface area contributed by atoms with E-state index in [1.165, 1.54) is 23.1 Å². The van der Waals surface area contributed by atoms with Crippen LogP contribution in [0.25, 0.3) is 0 Å². The highest BCUT2D eigenvalue weighted by Gasteiger charge is 2.31. The predicted molar refractivity (Wildman–Crippen MR) is 106 cm³/mol. The molecular formula is C20H28F3N3O4. The van der Waals surface area contributed by atoms with Gasteiger partial charge in [-0.3, -0.25) is 9.59 Å². The third-order valence-corrected chi connectivity index (χ3v) is 4.87. The first-order valence-corrected chi connectivity index (χ1v) is 9.65. The summed E-state index contributed by atoms with van der Waals surface area (Å²) in [7, 11) is 3.20. The van der Waals surface area contributed by atoms with Crippen LogP contribution in [0.2, 0.25) is 0 Å². The normalized spacial score (nSPS) is 23.6. The van der Waals surface area contributed by atoms with Gasteiger partial charge in [0, 0.05) is 39.0 Å². The van der Waals surface area contributed by atoms with E-state index < -0.39 is 18.5 Å². The minimum absolute atomic E-state index is 0.00349. The first kappa shape index (κ1) is 23.9. The van der Waals surface area contributed by atoms with Gasteiger partial charge in [0.1, 0.15) is 18.8 Å². The van der Waals surface area contributed by atoms with Crippen LogP contribution in [0.5, 0.6) is 5.75 Å². The Bertz CT molecular complexity index is 757. The second kappa shape index (κ2) is 10.1. The summed E-state index contributed by atoms with van der Waals surface area (Å²) in [4.78, 5) is 26.1. The molecule has 0 spiro atoms. The number of hydrogen-bond donors (Lipinski definition) is 2. The summed E-state index contributed by atoms with van der Waals surface area (Å²) in [6.45, 7) is 5.24. The topological polar surface area (TPSA) is 79.9 Å². The molecule has 2 amide bonds. The summed E-state index contributed by atoms with van der Waals surface area (Å²) in [5.74, 6) is -1.17. The molecule has 0 bridgehead atoms. The molecule has 168 valence electrons. The molecule has 2 rings (SSSR count). The molecule has 1 aromatic rings. The minimum Gasteiger partial charge on any atom is -0.491 e. The molecule has 1 heterocycles. The van der Waals surface area contributed by atoms with Gasteiger partial charge >= 0.3 is 6.18 Å². The van der Waals surface area contributed by atoms with Gasteiger partial charge in [-0.2, -0.15) is 13.2 Å². The molecule has 0 unspecified atom stereocenters. The lowest BCUT2D eigenvalue weighted by Gasteiger charge is -2.30. The Morgan fingerprint density at radius 1 is 1.37 bits per heavy atom. The summed E-state index contributed by atoms with van der Waals surface area (Å²) in [5.41, 5.74) is 0.237. The maximum atomic E-state index is 13.1. The Labute approximate surface area is 173 Å². The van der Waals surface area contributed by atoms with Gasteiger partial charge in [0.05, 0.1) is 11.7 Å². The lowest BCUT2D eigenvalue weighted by molar-refractivity contribution is -0.150.